The Morgan fingerprint density at radius 3 is 1.75 bits per heavy atom. The second-order valence-corrected chi connectivity index (χ2v) is 11.9. The molecule has 6 aromatic rings. The summed E-state index contributed by atoms with van der Waals surface area (Å²) in [7, 11) is 6.52. The summed E-state index contributed by atoms with van der Waals surface area (Å²) in [5, 5.41) is 29.7. The molecule has 0 saturated carbocycles. The smallest absolute Gasteiger partial charge is 0.341 e. The number of pyridine rings is 2. The van der Waals surface area contributed by atoms with Gasteiger partial charge in [0.25, 0.3) is 5.91 Å². The molecule has 0 aliphatic heterocycles. The molecule has 1 amide bonds. The van der Waals surface area contributed by atoms with E-state index in [1.54, 1.807) is 63.7 Å². The van der Waals surface area contributed by atoms with Gasteiger partial charge >= 0.3 is 54.3 Å². The van der Waals surface area contributed by atoms with E-state index in [0.29, 0.717) is 58.7 Å². The number of aromatic nitrogens is 8. The number of halogens is 1. The number of hydrogen-bond acceptors (Lipinski definition) is 17. The van der Waals surface area contributed by atoms with Crippen molar-refractivity contribution in [2.45, 2.75) is 13.8 Å². The fourth-order valence-corrected chi connectivity index (χ4v) is 5.30. The van der Waals surface area contributed by atoms with Crippen LogP contribution in [0.1, 0.15) is 34.6 Å². The number of methoxy groups -OCH3 is 2. The van der Waals surface area contributed by atoms with Crippen molar-refractivity contribution >= 4 is 57.8 Å². The zero-order valence-corrected chi connectivity index (χ0v) is 33.0. The van der Waals surface area contributed by atoms with Crippen LogP contribution < -0.4 is 61.6 Å². The first-order valence-corrected chi connectivity index (χ1v) is 19.2. The number of nitrogens with one attached hydrogen (secondary N) is 5. The molecule has 0 aromatic carbocycles. The van der Waals surface area contributed by atoms with Gasteiger partial charge in [-0.1, -0.05) is 0 Å². The van der Waals surface area contributed by atoms with Crippen molar-refractivity contribution in [1.82, 2.24) is 44.6 Å². The quantitative estimate of drug-likeness (QED) is 0.0238. The molecule has 0 unspecified atom stereocenters. The molecule has 6 heterocycles. The first kappa shape index (κ1) is 41.6. The number of anilines is 6. The number of rotatable bonds is 15. The van der Waals surface area contributed by atoms with E-state index >= 15 is 0 Å². The Bertz CT molecular complexity index is 2180. The molecule has 0 saturated heterocycles. The van der Waals surface area contributed by atoms with Crippen molar-refractivity contribution in [2.75, 3.05) is 67.4 Å². The summed E-state index contributed by atoms with van der Waals surface area (Å²) >= 11 is -0.121. The number of nitrogens with two attached hydrogens (primary N) is 1. The zero-order chi connectivity index (χ0) is 39.7. The van der Waals surface area contributed by atoms with Gasteiger partial charge < -0.3 is 35.8 Å². The maximum atomic E-state index is 12.2. The van der Waals surface area contributed by atoms with Crippen LogP contribution in [0.25, 0.3) is 11.3 Å². The molecule has 294 valence electrons. The fourth-order valence-electron chi connectivity index (χ4n) is 4.61. The molecule has 0 bridgehead atoms. The van der Waals surface area contributed by atoms with Gasteiger partial charge in [0.15, 0.2) is 11.3 Å². The van der Waals surface area contributed by atoms with Crippen LogP contribution in [0, 0.1) is 0 Å². The first-order valence-electron chi connectivity index (χ1n) is 16.4. The fraction of sp³-hybridized carbons (Fsp3) is 0.273. The summed E-state index contributed by atoms with van der Waals surface area (Å²) in [4.78, 5) is 45.5. The van der Waals surface area contributed by atoms with Crippen LogP contribution in [0.4, 0.5) is 34.6 Å². The van der Waals surface area contributed by atoms with Gasteiger partial charge in [-0.15, -0.1) is 0 Å². The summed E-state index contributed by atoms with van der Waals surface area (Å²) in [6.45, 7) is 4.90. The topological polar surface area (TPSA) is 264 Å². The molecule has 8 N–H and O–H groups in total. The van der Waals surface area contributed by atoms with Crippen molar-refractivity contribution in [3.8, 4) is 11.8 Å². The molecule has 0 spiro atoms. The van der Waals surface area contributed by atoms with E-state index in [1.807, 2.05) is 13.0 Å². The summed E-state index contributed by atoms with van der Waals surface area (Å²) in [6, 6.07) is 10.6. The minimum Gasteiger partial charge on any atom is -0.480 e. The van der Waals surface area contributed by atoms with Crippen molar-refractivity contribution in [2.24, 2.45) is 3.95 Å². The molecule has 55 heavy (non-hydrogen) atoms. The third-order valence-corrected chi connectivity index (χ3v) is 7.84. The number of carbonyl (C=O) groups is 2. The van der Waals surface area contributed by atoms with Crippen LogP contribution in [0.15, 0.2) is 61.2 Å². The number of hydrogen-bond donors (Lipinski definition) is 7. The molecule has 22 heteroatoms. The van der Waals surface area contributed by atoms with Crippen molar-refractivity contribution in [3.63, 3.8) is 0 Å². The molecule has 0 fully saturated rings. The van der Waals surface area contributed by atoms with Crippen LogP contribution in [0.5, 0.6) is 11.8 Å². The largest absolute Gasteiger partial charge is 0.480 e. The first-order chi connectivity index (χ1) is 26.7. The van der Waals surface area contributed by atoms with Gasteiger partial charge in [-0.05, 0) is 31.2 Å². The van der Waals surface area contributed by atoms with Crippen LogP contribution in [0.3, 0.4) is 0 Å². The summed E-state index contributed by atoms with van der Waals surface area (Å²) in [5.74, 6) is 1.51. The Hall–Kier alpha value is -6.11. The Morgan fingerprint density at radius 2 is 1.33 bits per heavy atom. The van der Waals surface area contributed by atoms with E-state index in [0.717, 1.165) is 11.2 Å². The average molecular weight is 874 g/mol. The van der Waals surface area contributed by atoms with Crippen molar-refractivity contribution in [3.05, 3.63) is 72.3 Å². The van der Waals surface area contributed by atoms with Gasteiger partial charge in [-0.3, -0.25) is 9.63 Å². The van der Waals surface area contributed by atoms with Gasteiger partial charge in [-0.2, -0.15) is 19.2 Å². The Balaban J connectivity index is 0.000000214. The monoisotopic (exact) mass is 873 g/mol. The summed E-state index contributed by atoms with van der Waals surface area (Å²) in [6.07, 6.45) is 5.94. The normalized spacial score (nSPS) is 10.5. The average Bonchev–Trinajstić information content (AvgIpc) is 3.84. The Labute approximate surface area is 325 Å². The number of amides is 1. The number of carboxylic acids is 1. The van der Waals surface area contributed by atoms with E-state index < -0.39 is 11.9 Å². The zero-order valence-electron chi connectivity index (χ0n) is 30.8. The molecule has 0 atom stereocenters. The van der Waals surface area contributed by atoms with E-state index in [1.165, 1.54) is 35.6 Å². The van der Waals surface area contributed by atoms with Crippen molar-refractivity contribution in [1.29, 1.82) is 0 Å². The number of ether oxygens (including phenoxy) is 3. The standard InChI is InChI=1S/C16H19N7O3.C14H14N6O3.C3H9INO/c1-4-26-22-15(24)10-9-19-23-13(17-2)8-12(21-14(10)23)20-11-6-5-7-18-16(11)25-3;1-15-11-6-10(18-9-4-3-5-16-13(9)23-2)19-12-8(14(21)22)7-17-20(11)12;1-2-6-3-4-5/h5-9,17H,4H2,1-3H3,(H,20,21)(H,22,24);3-7,15H,1-2H3,(H,18,19)(H,21,22);2-3,5H2,1H3/q;;-1. The minimum absolute atomic E-state index is 0.0169. The minimum atomic E-state index is -1.09. The summed E-state index contributed by atoms with van der Waals surface area (Å²) < 4.78 is 24.3. The molecule has 0 aliphatic rings. The van der Waals surface area contributed by atoms with E-state index in [4.69, 9.17) is 23.0 Å². The second kappa shape index (κ2) is 21.0. The molecular formula is C33H42IN14O7-. The molecule has 6 aromatic heterocycles. The van der Waals surface area contributed by atoms with Crippen LogP contribution in [-0.2, 0) is 9.57 Å². The van der Waals surface area contributed by atoms with Gasteiger partial charge in [-0.25, -0.2) is 30.2 Å². The van der Waals surface area contributed by atoms with E-state index in [2.05, 4.69) is 56.9 Å². The summed E-state index contributed by atoms with van der Waals surface area (Å²) in [5.41, 5.74) is 4.52. The Kier molecular flexibility index (Phi) is 15.9. The van der Waals surface area contributed by atoms with Crippen LogP contribution in [0.2, 0.25) is 0 Å². The van der Waals surface area contributed by atoms with E-state index in [-0.39, 0.29) is 38.3 Å². The maximum absolute atomic E-state index is 12.2. The molecule has 21 nitrogen and oxygen atoms in total. The third kappa shape index (κ3) is 10.7. The predicted octanol–water partition coefficient (Wildman–Crippen LogP) is 0.159. The van der Waals surface area contributed by atoms with Crippen LogP contribution in [-0.4, -0.2) is 102 Å². The number of fused-ring (bicyclic) bond motifs is 2. The number of carbonyl (C=O) groups excluding carboxylic acids is 1. The van der Waals surface area contributed by atoms with Gasteiger partial charge in [0, 0.05) is 38.6 Å². The van der Waals surface area contributed by atoms with Gasteiger partial charge in [0.2, 0.25) is 11.8 Å². The second-order valence-electron chi connectivity index (χ2n) is 10.4. The number of alkyl halides is 1. The SMILES string of the molecule is CCOC[I-]N.CCONC(=O)c1cnn2c(NC)cc(Nc3cccnc3OC)nc12.CNc1cc(Nc2cccnc2OC)nc2c(C(=O)O)cnn12. The number of carboxylic acid groups (broad SMARTS) is 1. The van der Waals surface area contributed by atoms with Gasteiger partial charge in [0.1, 0.15) is 45.8 Å². The molecule has 0 aliphatic carbocycles. The molecule has 6 rings (SSSR count). The predicted molar refractivity (Wildman–Crippen MR) is 200 cm³/mol. The maximum Gasteiger partial charge on any atom is 0.341 e. The van der Waals surface area contributed by atoms with Crippen molar-refractivity contribution < 1.29 is 55.2 Å². The number of aromatic carboxylic acids is 1. The Morgan fingerprint density at radius 1 is 0.818 bits per heavy atom. The molecule has 0 radical (unpaired) electrons. The van der Waals surface area contributed by atoms with E-state index in [9.17, 15) is 14.7 Å². The molecular weight excluding hydrogens is 831 g/mol. The number of hydroxylamine groups is 1. The van der Waals surface area contributed by atoms with Crippen LogP contribution >= 0.6 is 0 Å². The van der Waals surface area contributed by atoms with Gasteiger partial charge in [0.05, 0.1) is 33.2 Å². The number of nitrogens with zero attached hydrogens (tertiary/aromatic N) is 8. The third-order valence-electron chi connectivity index (χ3n) is 7.04.